The summed E-state index contributed by atoms with van der Waals surface area (Å²) < 4.78 is 10.6. The number of pyridine rings is 1. The molecule has 0 fully saturated rings. The van der Waals surface area contributed by atoms with E-state index in [-0.39, 0.29) is 12.5 Å². The molecule has 0 spiro atoms. The molecule has 0 aliphatic rings. The first-order valence-electron chi connectivity index (χ1n) is 8.33. The van der Waals surface area contributed by atoms with Gasteiger partial charge in [-0.1, -0.05) is 0 Å². The van der Waals surface area contributed by atoms with E-state index in [1.165, 1.54) is 0 Å². The Morgan fingerprint density at radius 3 is 2.68 bits per heavy atom. The second-order valence-electron chi connectivity index (χ2n) is 5.64. The summed E-state index contributed by atoms with van der Waals surface area (Å²) in [6, 6.07) is 10.7. The monoisotopic (exact) mass is 381 g/mol. The van der Waals surface area contributed by atoms with Gasteiger partial charge in [-0.05, 0) is 24.3 Å². The first-order valence-corrected chi connectivity index (χ1v) is 8.33. The molecule has 9 nitrogen and oxygen atoms in total. The minimum absolute atomic E-state index is 0.179. The van der Waals surface area contributed by atoms with Crippen LogP contribution in [0.4, 0.5) is 17.5 Å². The van der Waals surface area contributed by atoms with Gasteiger partial charge in [0.15, 0.2) is 0 Å². The Morgan fingerprint density at radius 2 is 2.00 bits per heavy atom. The highest BCUT2D eigenvalue weighted by Crippen LogP contribution is 2.32. The van der Waals surface area contributed by atoms with E-state index in [4.69, 9.17) is 14.6 Å². The molecule has 2 aromatic heterocycles. The molecule has 0 aliphatic carbocycles. The first kappa shape index (κ1) is 18.9. The molecule has 28 heavy (non-hydrogen) atoms. The van der Waals surface area contributed by atoms with Gasteiger partial charge >= 0.3 is 5.97 Å². The van der Waals surface area contributed by atoms with E-state index in [1.54, 1.807) is 56.9 Å². The lowest BCUT2D eigenvalue weighted by Gasteiger charge is -2.14. The predicted molar refractivity (Wildman–Crippen MR) is 104 cm³/mol. The normalized spacial score (nSPS) is 10.2. The number of nitrogens with one attached hydrogen (secondary N) is 2. The number of carbonyl (C=O) groups is 1. The van der Waals surface area contributed by atoms with Crippen molar-refractivity contribution in [2.45, 2.75) is 0 Å². The van der Waals surface area contributed by atoms with Crippen molar-refractivity contribution in [1.29, 1.82) is 0 Å². The summed E-state index contributed by atoms with van der Waals surface area (Å²) in [6.07, 6.45) is 3.33. The van der Waals surface area contributed by atoms with E-state index >= 15 is 0 Å². The zero-order valence-electron chi connectivity index (χ0n) is 15.3. The van der Waals surface area contributed by atoms with E-state index in [0.29, 0.717) is 28.7 Å². The summed E-state index contributed by atoms with van der Waals surface area (Å²) in [7, 11) is 3.13. The molecule has 9 heteroatoms. The van der Waals surface area contributed by atoms with Crippen LogP contribution < -0.4 is 20.1 Å². The van der Waals surface area contributed by atoms with Crippen molar-refractivity contribution in [2.75, 3.05) is 31.4 Å². The number of aromatic nitrogens is 3. The zero-order chi connectivity index (χ0) is 19.9. The number of ether oxygens (including phenoxy) is 2. The molecule has 0 saturated carbocycles. The molecular formula is C19H19N5O4. The molecule has 3 rings (SSSR count). The summed E-state index contributed by atoms with van der Waals surface area (Å²) in [5, 5.41) is 14.8. The Morgan fingerprint density at radius 1 is 1.14 bits per heavy atom. The number of methoxy groups -OCH3 is 2. The van der Waals surface area contributed by atoms with Crippen molar-refractivity contribution in [3.8, 4) is 22.8 Å². The molecule has 1 aromatic carbocycles. The van der Waals surface area contributed by atoms with Crippen LogP contribution in [0.15, 0.2) is 48.8 Å². The third kappa shape index (κ3) is 4.64. The van der Waals surface area contributed by atoms with Crippen LogP contribution in [0.2, 0.25) is 0 Å². The number of benzene rings is 1. The van der Waals surface area contributed by atoms with Crippen molar-refractivity contribution >= 4 is 23.4 Å². The van der Waals surface area contributed by atoms with Gasteiger partial charge in [0, 0.05) is 30.1 Å². The first-order chi connectivity index (χ1) is 13.6. The molecule has 0 aliphatic heterocycles. The fourth-order valence-corrected chi connectivity index (χ4v) is 2.45. The van der Waals surface area contributed by atoms with Crippen LogP contribution >= 0.6 is 0 Å². The summed E-state index contributed by atoms with van der Waals surface area (Å²) in [6.45, 7) is -0.304. The van der Waals surface area contributed by atoms with Gasteiger partial charge in [0.2, 0.25) is 5.95 Å². The molecule has 0 saturated heterocycles. The zero-order valence-corrected chi connectivity index (χ0v) is 15.3. The molecule has 144 valence electrons. The van der Waals surface area contributed by atoms with Crippen molar-refractivity contribution < 1.29 is 19.4 Å². The number of carboxylic acid groups (broad SMARTS) is 1. The Balaban J connectivity index is 1.97. The summed E-state index contributed by atoms with van der Waals surface area (Å²) in [5.41, 5.74) is 2.03. The van der Waals surface area contributed by atoms with Gasteiger partial charge in [-0.3, -0.25) is 9.78 Å². The van der Waals surface area contributed by atoms with E-state index in [0.717, 1.165) is 5.56 Å². The Bertz CT molecular complexity index is 966. The number of hydrogen-bond donors (Lipinski definition) is 3. The van der Waals surface area contributed by atoms with Gasteiger partial charge in [0.05, 0.1) is 25.6 Å². The van der Waals surface area contributed by atoms with E-state index in [1.807, 2.05) is 6.07 Å². The standard InChI is InChI=1S/C19H19N5O4/c1-27-13-5-6-14(16(8-13)28-2)22-17-9-15(12-4-3-7-20-10-12)23-19(24-17)21-11-18(25)26/h3-10H,11H2,1-2H3,(H,25,26)(H2,21,22,23,24). The highest BCUT2D eigenvalue weighted by atomic mass is 16.5. The van der Waals surface area contributed by atoms with Crippen molar-refractivity contribution in [3.63, 3.8) is 0 Å². The fraction of sp³-hybridized carbons (Fsp3) is 0.158. The van der Waals surface area contributed by atoms with E-state index < -0.39 is 5.97 Å². The van der Waals surface area contributed by atoms with E-state index in [2.05, 4.69) is 25.6 Å². The van der Waals surface area contributed by atoms with Crippen LogP contribution in [0.25, 0.3) is 11.3 Å². The quantitative estimate of drug-likeness (QED) is 0.541. The molecule has 0 unspecified atom stereocenters. The number of aliphatic carboxylic acids is 1. The second-order valence-corrected chi connectivity index (χ2v) is 5.64. The number of rotatable bonds is 8. The minimum Gasteiger partial charge on any atom is -0.497 e. The van der Waals surface area contributed by atoms with E-state index in [9.17, 15) is 4.79 Å². The van der Waals surface area contributed by atoms with Crippen molar-refractivity contribution in [1.82, 2.24) is 15.0 Å². The number of hydrogen-bond acceptors (Lipinski definition) is 8. The molecule has 0 atom stereocenters. The molecule has 3 aromatic rings. The molecule has 0 radical (unpaired) electrons. The maximum atomic E-state index is 10.9. The smallest absolute Gasteiger partial charge is 0.322 e. The van der Waals surface area contributed by atoms with Crippen LogP contribution in [0.1, 0.15) is 0 Å². The van der Waals surface area contributed by atoms with Gasteiger partial charge in [-0.25, -0.2) is 4.98 Å². The van der Waals surface area contributed by atoms with Crippen molar-refractivity contribution in [3.05, 3.63) is 48.8 Å². The lowest BCUT2D eigenvalue weighted by molar-refractivity contribution is -0.134. The van der Waals surface area contributed by atoms with Crippen molar-refractivity contribution in [2.24, 2.45) is 0 Å². The Kier molecular flexibility index (Phi) is 5.85. The topological polar surface area (TPSA) is 118 Å². The van der Waals surface area contributed by atoms with Gasteiger partial charge < -0.3 is 25.2 Å². The molecule has 2 heterocycles. The van der Waals surface area contributed by atoms with Crippen LogP contribution in [0, 0.1) is 0 Å². The highest BCUT2D eigenvalue weighted by molar-refractivity contribution is 5.73. The Hall–Kier alpha value is -3.88. The van der Waals surface area contributed by atoms with Crippen LogP contribution in [0.5, 0.6) is 11.5 Å². The van der Waals surface area contributed by atoms with Gasteiger partial charge in [-0.2, -0.15) is 4.98 Å². The second kappa shape index (κ2) is 8.67. The van der Waals surface area contributed by atoms with Gasteiger partial charge in [0.1, 0.15) is 23.9 Å². The lowest BCUT2D eigenvalue weighted by atomic mass is 10.2. The number of nitrogens with zero attached hydrogens (tertiary/aromatic N) is 3. The SMILES string of the molecule is COc1ccc(Nc2cc(-c3cccnc3)nc(NCC(=O)O)n2)c(OC)c1. The fourth-order valence-electron chi connectivity index (χ4n) is 2.45. The molecule has 0 bridgehead atoms. The molecule has 3 N–H and O–H groups in total. The Labute approximate surface area is 161 Å². The van der Waals surface area contributed by atoms with Crippen LogP contribution in [-0.4, -0.2) is 46.8 Å². The third-order valence-electron chi connectivity index (χ3n) is 3.75. The van der Waals surface area contributed by atoms with Gasteiger partial charge in [0.25, 0.3) is 0 Å². The summed E-state index contributed by atoms with van der Waals surface area (Å²) in [5.74, 6) is 0.858. The maximum absolute atomic E-state index is 10.9. The average molecular weight is 381 g/mol. The maximum Gasteiger partial charge on any atom is 0.322 e. The highest BCUT2D eigenvalue weighted by Gasteiger charge is 2.11. The molecular weight excluding hydrogens is 362 g/mol. The third-order valence-corrected chi connectivity index (χ3v) is 3.75. The largest absolute Gasteiger partial charge is 0.497 e. The number of anilines is 3. The van der Waals surface area contributed by atoms with Crippen LogP contribution in [0.3, 0.4) is 0 Å². The molecule has 0 amide bonds. The van der Waals surface area contributed by atoms with Crippen LogP contribution in [-0.2, 0) is 4.79 Å². The minimum atomic E-state index is -1.01. The summed E-state index contributed by atoms with van der Waals surface area (Å²) >= 11 is 0. The van der Waals surface area contributed by atoms with Gasteiger partial charge in [-0.15, -0.1) is 0 Å². The average Bonchev–Trinajstić information content (AvgIpc) is 2.73. The summed E-state index contributed by atoms with van der Waals surface area (Å²) in [4.78, 5) is 23.7. The number of carboxylic acids is 1. The predicted octanol–water partition coefficient (Wildman–Crippen LogP) is 2.80. The lowest BCUT2D eigenvalue weighted by Crippen LogP contribution is -2.15.